The van der Waals surface area contributed by atoms with Crippen molar-refractivity contribution in [3.8, 4) is 0 Å². The summed E-state index contributed by atoms with van der Waals surface area (Å²) in [4.78, 5) is 11.4. The Morgan fingerprint density at radius 3 is 2.81 bits per heavy atom. The van der Waals surface area contributed by atoms with Gasteiger partial charge in [0.25, 0.3) is 0 Å². The van der Waals surface area contributed by atoms with Crippen LogP contribution in [0.3, 0.4) is 0 Å². The second kappa shape index (κ2) is 6.74. The van der Waals surface area contributed by atoms with Crippen LogP contribution < -0.4 is 5.32 Å². The number of ether oxygens (including phenoxy) is 1. The number of benzene rings is 1. The third-order valence-electron chi connectivity index (χ3n) is 2.98. The smallest absolute Gasteiger partial charge is 0.373 e. The number of hydrogen-bond donors (Lipinski definition) is 1. The fourth-order valence-corrected chi connectivity index (χ4v) is 2.11. The molecule has 0 saturated carbocycles. The lowest BCUT2D eigenvalue weighted by Gasteiger charge is -2.16. The predicted molar refractivity (Wildman–Crippen MR) is 77.0 cm³/mol. The van der Waals surface area contributed by atoms with Crippen LogP contribution in [0.1, 0.15) is 34.8 Å². The SMILES string of the molecule is CCNC(c1ccc(Cl)c(F)c1)c1ccc(C(=O)OC)o1. The molecule has 1 aromatic heterocycles. The predicted octanol–water partition coefficient (Wildman–Crippen LogP) is 3.56. The summed E-state index contributed by atoms with van der Waals surface area (Å²) < 4.78 is 23.7. The highest BCUT2D eigenvalue weighted by atomic mass is 35.5. The Kier molecular flexibility index (Phi) is 4.98. The molecule has 2 aromatic rings. The fourth-order valence-electron chi connectivity index (χ4n) is 2.00. The van der Waals surface area contributed by atoms with Crippen molar-refractivity contribution in [3.05, 3.63) is 58.3 Å². The molecule has 0 saturated heterocycles. The molecule has 21 heavy (non-hydrogen) atoms. The minimum absolute atomic E-state index is 0.0590. The van der Waals surface area contributed by atoms with E-state index in [9.17, 15) is 9.18 Å². The first-order valence-corrected chi connectivity index (χ1v) is 6.81. The van der Waals surface area contributed by atoms with E-state index in [1.165, 1.54) is 25.3 Å². The van der Waals surface area contributed by atoms with Crippen molar-refractivity contribution in [2.45, 2.75) is 13.0 Å². The number of esters is 1. The van der Waals surface area contributed by atoms with Gasteiger partial charge in [0.2, 0.25) is 5.76 Å². The minimum atomic E-state index is -0.557. The van der Waals surface area contributed by atoms with Gasteiger partial charge in [0.1, 0.15) is 11.6 Å². The van der Waals surface area contributed by atoms with E-state index in [0.717, 1.165) is 0 Å². The Bertz CT molecular complexity index is 642. The van der Waals surface area contributed by atoms with E-state index in [1.807, 2.05) is 6.92 Å². The van der Waals surface area contributed by atoms with Crippen molar-refractivity contribution >= 4 is 17.6 Å². The molecular weight excluding hydrogens is 297 g/mol. The molecule has 0 radical (unpaired) electrons. The quantitative estimate of drug-likeness (QED) is 0.858. The first-order valence-electron chi connectivity index (χ1n) is 6.43. The fraction of sp³-hybridized carbons (Fsp3) is 0.267. The van der Waals surface area contributed by atoms with Gasteiger partial charge in [-0.15, -0.1) is 0 Å². The minimum Gasteiger partial charge on any atom is -0.463 e. The van der Waals surface area contributed by atoms with Crippen molar-refractivity contribution < 1.29 is 18.3 Å². The maximum absolute atomic E-state index is 13.6. The third-order valence-corrected chi connectivity index (χ3v) is 3.29. The number of nitrogens with one attached hydrogen (secondary N) is 1. The second-order valence-electron chi connectivity index (χ2n) is 4.36. The molecule has 2 rings (SSSR count). The zero-order valence-corrected chi connectivity index (χ0v) is 12.4. The van der Waals surface area contributed by atoms with Gasteiger partial charge in [-0.05, 0) is 36.4 Å². The van der Waals surface area contributed by atoms with Crippen LogP contribution in [0.25, 0.3) is 0 Å². The highest BCUT2D eigenvalue weighted by Gasteiger charge is 2.20. The maximum Gasteiger partial charge on any atom is 0.373 e. The highest BCUT2D eigenvalue weighted by Crippen LogP contribution is 2.27. The number of methoxy groups -OCH3 is 1. The molecular formula is C15H15ClFNO3. The van der Waals surface area contributed by atoms with Crippen LogP contribution in [-0.2, 0) is 4.74 Å². The maximum atomic E-state index is 13.6. The Morgan fingerprint density at radius 2 is 2.19 bits per heavy atom. The number of carbonyl (C=O) groups is 1. The number of furan rings is 1. The van der Waals surface area contributed by atoms with Crippen molar-refractivity contribution in [3.63, 3.8) is 0 Å². The lowest BCUT2D eigenvalue weighted by atomic mass is 10.0. The van der Waals surface area contributed by atoms with E-state index in [4.69, 9.17) is 16.0 Å². The number of carbonyl (C=O) groups excluding carboxylic acids is 1. The molecule has 4 nitrogen and oxygen atoms in total. The summed E-state index contributed by atoms with van der Waals surface area (Å²) in [6.45, 7) is 2.56. The summed E-state index contributed by atoms with van der Waals surface area (Å²) >= 11 is 5.69. The van der Waals surface area contributed by atoms with Gasteiger partial charge in [-0.25, -0.2) is 9.18 Å². The van der Waals surface area contributed by atoms with Crippen LogP contribution in [0.15, 0.2) is 34.7 Å². The third kappa shape index (κ3) is 3.43. The summed E-state index contributed by atoms with van der Waals surface area (Å²) in [5.74, 6) is -0.459. The van der Waals surface area contributed by atoms with Crippen molar-refractivity contribution in [1.82, 2.24) is 5.32 Å². The number of hydrogen-bond acceptors (Lipinski definition) is 4. The normalized spacial score (nSPS) is 12.2. The van der Waals surface area contributed by atoms with E-state index < -0.39 is 11.8 Å². The molecule has 112 valence electrons. The van der Waals surface area contributed by atoms with Crippen LogP contribution in [-0.4, -0.2) is 19.6 Å². The van der Waals surface area contributed by atoms with Crippen LogP contribution in [0.4, 0.5) is 4.39 Å². The van der Waals surface area contributed by atoms with E-state index in [-0.39, 0.29) is 16.8 Å². The lowest BCUT2D eigenvalue weighted by Crippen LogP contribution is -2.21. The number of halogens is 2. The van der Waals surface area contributed by atoms with Crippen LogP contribution >= 0.6 is 11.6 Å². The molecule has 1 N–H and O–H groups in total. The average molecular weight is 312 g/mol. The van der Waals surface area contributed by atoms with Gasteiger partial charge in [0.15, 0.2) is 0 Å². The van der Waals surface area contributed by atoms with Crippen LogP contribution in [0, 0.1) is 5.82 Å². The molecule has 0 fully saturated rings. The van der Waals surface area contributed by atoms with E-state index in [1.54, 1.807) is 12.1 Å². The van der Waals surface area contributed by atoms with E-state index in [0.29, 0.717) is 17.9 Å². The molecule has 0 aliphatic heterocycles. The molecule has 1 heterocycles. The molecule has 0 aliphatic carbocycles. The van der Waals surface area contributed by atoms with E-state index >= 15 is 0 Å². The lowest BCUT2D eigenvalue weighted by molar-refractivity contribution is 0.0562. The highest BCUT2D eigenvalue weighted by molar-refractivity contribution is 6.30. The van der Waals surface area contributed by atoms with Crippen molar-refractivity contribution in [1.29, 1.82) is 0 Å². The summed E-state index contributed by atoms with van der Waals surface area (Å²) in [6, 6.07) is 7.35. The van der Waals surface area contributed by atoms with Crippen LogP contribution in [0.2, 0.25) is 5.02 Å². The Labute approximate surface area is 126 Å². The monoisotopic (exact) mass is 311 g/mol. The average Bonchev–Trinajstić information content (AvgIpc) is 2.96. The summed E-state index contributed by atoms with van der Waals surface area (Å²) in [6.07, 6.45) is 0. The van der Waals surface area contributed by atoms with Gasteiger partial charge in [0, 0.05) is 0 Å². The Morgan fingerprint density at radius 1 is 1.43 bits per heavy atom. The molecule has 1 atom stereocenters. The van der Waals surface area contributed by atoms with Gasteiger partial charge < -0.3 is 14.5 Å². The largest absolute Gasteiger partial charge is 0.463 e. The Balaban J connectivity index is 2.36. The summed E-state index contributed by atoms with van der Waals surface area (Å²) in [5, 5.41) is 3.24. The summed E-state index contributed by atoms with van der Waals surface area (Å²) in [5.41, 5.74) is 0.657. The van der Waals surface area contributed by atoms with Gasteiger partial charge in [0.05, 0.1) is 18.2 Å². The Hall–Kier alpha value is -1.85. The zero-order valence-electron chi connectivity index (χ0n) is 11.7. The van der Waals surface area contributed by atoms with Crippen molar-refractivity contribution in [2.75, 3.05) is 13.7 Å². The molecule has 6 heteroatoms. The molecule has 1 unspecified atom stereocenters. The number of rotatable bonds is 5. The standard InChI is InChI=1S/C15H15ClFNO3/c1-3-18-14(9-4-5-10(16)11(17)8-9)12-6-7-13(21-12)15(19)20-2/h4-8,14,18H,3H2,1-2H3. The van der Waals surface area contributed by atoms with Gasteiger partial charge in [-0.2, -0.15) is 0 Å². The van der Waals surface area contributed by atoms with Gasteiger partial charge in [-0.3, -0.25) is 0 Å². The molecule has 0 spiro atoms. The second-order valence-corrected chi connectivity index (χ2v) is 4.77. The van der Waals surface area contributed by atoms with E-state index in [2.05, 4.69) is 10.1 Å². The van der Waals surface area contributed by atoms with Gasteiger partial charge >= 0.3 is 5.97 Å². The van der Waals surface area contributed by atoms with Crippen molar-refractivity contribution in [2.24, 2.45) is 0 Å². The first-order chi connectivity index (χ1) is 10.1. The zero-order chi connectivity index (χ0) is 15.4. The summed E-state index contributed by atoms with van der Waals surface area (Å²) in [7, 11) is 1.28. The molecule has 1 aromatic carbocycles. The molecule has 0 bridgehead atoms. The van der Waals surface area contributed by atoms with Gasteiger partial charge in [-0.1, -0.05) is 24.6 Å². The first kappa shape index (κ1) is 15.5. The molecule has 0 aliphatic rings. The van der Waals surface area contributed by atoms with Crippen LogP contribution in [0.5, 0.6) is 0 Å². The molecule has 0 amide bonds. The topological polar surface area (TPSA) is 51.5 Å².